The molecule has 0 unspecified atom stereocenters. The summed E-state index contributed by atoms with van der Waals surface area (Å²) >= 11 is 0. The molecule has 78 valence electrons. The summed E-state index contributed by atoms with van der Waals surface area (Å²) in [5.41, 5.74) is 6.66. The van der Waals surface area contributed by atoms with Crippen LogP contribution in [-0.2, 0) is 0 Å². The van der Waals surface area contributed by atoms with Crippen molar-refractivity contribution in [1.82, 2.24) is 4.98 Å². The first-order valence-electron chi connectivity index (χ1n) is 5.15. The zero-order chi connectivity index (χ0) is 11.0. The van der Waals surface area contributed by atoms with Crippen molar-refractivity contribution in [3.8, 4) is 0 Å². The SMILES string of the molecule is C/C=c1/cccn/c1=C(\N)CC.CC. The molecule has 0 atom stereocenters. The Labute approximate surface area is 86.2 Å². The van der Waals surface area contributed by atoms with Gasteiger partial charge >= 0.3 is 0 Å². The number of aromatic nitrogens is 1. The highest BCUT2D eigenvalue weighted by molar-refractivity contribution is 5.39. The average Bonchev–Trinajstić information content (AvgIpc) is 2.30. The van der Waals surface area contributed by atoms with Crippen molar-refractivity contribution in [1.29, 1.82) is 0 Å². The summed E-state index contributed by atoms with van der Waals surface area (Å²) in [6.45, 7) is 8.02. The maximum Gasteiger partial charge on any atom is 0.0885 e. The highest BCUT2D eigenvalue weighted by Crippen LogP contribution is 1.83. The zero-order valence-corrected chi connectivity index (χ0v) is 9.54. The molecule has 1 aromatic rings. The Morgan fingerprint density at radius 2 is 2.14 bits per heavy atom. The average molecular weight is 192 g/mol. The Bertz CT molecular complexity index is 366. The minimum Gasteiger partial charge on any atom is -0.400 e. The zero-order valence-electron chi connectivity index (χ0n) is 9.54. The van der Waals surface area contributed by atoms with E-state index in [9.17, 15) is 0 Å². The van der Waals surface area contributed by atoms with Gasteiger partial charge in [-0.05, 0) is 24.6 Å². The molecule has 1 rings (SSSR count). The van der Waals surface area contributed by atoms with Crippen molar-refractivity contribution in [2.45, 2.75) is 34.1 Å². The highest BCUT2D eigenvalue weighted by atomic mass is 14.7. The summed E-state index contributed by atoms with van der Waals surface area (Å²) in [7, 11) is 0. The Kier molecular flexibility index (Phi) is 6.46. The van der Waals surface area contributed by atoms with Gasteiger partial charge in [0.15, 0.2) is 0 Å². The second kappa shape index (κ2) is 7.13. The predicted octanol–water partition coefficient (Wildman–Crippen LogP) is 1.39. The second-order valence-electron chi connectivity index (χ2n) is 2.61. The van der Waals surface area contributed by atoms with E-state index in [4.69, 9.17) is 5.73 Å². The van der Waals surface area contributed by atoms with E-state index in [0.717, 1.165) is 22.7 Å². The molecule has 2 N–H and O–H groups in total. The molecule has 0 aliphatic heterocycles. The third kappa shape index (κ3) is 3.21. The lowest BCUT2D eigenvalue weighted by molar-refractivity contribution is 1.11. The summed E-state index contributed by atoms with van der Waals surface area (Å²) in [5, 5.41) is 2.03. The van der Waals surface area contributed by atoms with Gasteiger partial charge in [0.25, 0.3) is 0 Å². The van der Waals surface area contributed by atoms with Gasteiger partial charge in [-0.1, -0.05) is 32.9 Å². The van der Waals surface area contributed by atoms with E-state index >= 15 is 0 Å². The lowest BCUT2D eigenvalue weighted by atomic mass is 10.2. The van der Waals surface area contributed by atoms with E-state index in [-0.39, 0.29) is 0 Å². The van der Waals surface area contributed by atoms with Crippen LogP contribution in [0.2, 0.25) is 0 Å². The summed E-state index contributed by atoms with van der Waals surface area (Å²) in [5.74, 6) is 0. The number of hydrogen-bond donors (Lipinski definition) is 1. The Balaban J connectivity index is 0.000000791. The molecule has 1 heterocycles. The first-order valence-corrected chi connectivity index (χ1v) is 5.15. The highest BCUT2D eigenvalue weighted by Gasteiger charge is 1.89. The van der Waals surface area contributed by atoms with E-state index in [2.05, 4.69) is 4.98 Å². The molecule has 1 aromatic heterocycles. The third-order valence-corrected chi connectivity index (χ3v) is 1.83. The Morgan fingerprint density at radius 3 is 2.64 bits per heavy atom. The minimum atomic E-state index is 0.845. The van der Waals surface area contributed by atoms with Crippen molar-refractivity contribution in [2.24, 2.45) is 5.73 Å². The largest absolute Gasteiger partial charge is 0.400 e. The number of nitrogens with two attached hydrogens (primary N) is 1. The molecule has 0 spiro atoms. The van der Waals surface area contributed by atoms with Crippen molar-refractivity contribution in [3.05, 3.63) is 28.9 Å². The molecule has 14 heavy (non-hydrogen) atoms. The molecule has 0 amide bonds. The van der Waals surface area contributed by atoms with Crippen molar-refractivity contribution < 1.29 is 0 Å². The molecule has 0 bridgehead atoms. The first kappa shape index (κ1) is 12.7. The lowest BCUT2D eigenvalue weighted by Gasteiger charge is -1.94. The summed E-state index contributed by atoms with van der Waals surface area (Å²) < 4.78 is 0. The molecular formula is C12H20N2. The van der Waals surface area contributed by atoms with E-state index in [1.54, 1.807) is 6.20 Å². The quantitative estimate of drug-likeness (QED) is 0.730. The van der Waals surface area contributed by atoms with E-state index in [1.165, 1.54) is 0 Å². The molecule has 0 aliphatic carbocycles. The maximum atomic E-state index is 5.80. The normalized spacial score (nSPS) is 13.0. The molecule has 0 saturated carbocycles. The molecule has 0 radical (unpaired) electrons. The number of pyridine rings is 1. The Hall–Kier alpha value is -1.31. The first-order chi connectivity index (χ1) is 6.79. The fraction of sp³-hybridized carbons (Fsp3) is 0.417. The van der Waals surface area contributed by atoms with Gasteiger partial charge in [0.2, 0.25) is 0 Å². The van der Waals surface area contributed by atoms with Gasteiger partial charge in [0.05, 0.1) is 5.35 Å². The minimum absolute atomic E-state index is 0.845. The number of nitrogens with zero attached hydrogens (tertiary/aromatic N) is 1. The van der Waals surface area contributed by atoms with Crippen LogP contribution in [0.5, 0.6) is 0 Å². The van der Waals surface area contributed by atoms with Crippen LogP contribution in [0.15, 0.2) is 18.3 Å². The van der Waals surface area contributed by atoms with Crippen LogP contribution in [0.25, 0.3) is 11.8 Å². The van der Waals surface area contributed by atoms with Crippen LogP contribution in [0, 0.1) is 0 Å². The molecule has 2 heteroatoms. The van der Waals surface area contributed by atoms with Gasteiger partial charge in [-0.2, -0.15) is 0 Å². The van der Waals surface area contributed by atoms with E-state index in [1.807, 2.05) is 45.9 Å². The fourth-order valence-corrected chi connectivity index (χ4v) is 1.09. The molecule has 2 nitrogen and oxygen atoms in total. The van der Waals surface area contributed by atoms with Crippen LogP contribution in [0.1, 0.15) is 34.1 Å². The smallest absolute Gasteiger partial charge is 0.0885 e. The van der Waals surface area contributed by atoms with Gasteiger partial charge in [-0.25, -0.2) is 0 Å². The Morgan fingerprint density at radius 1 is 1.50 bits per heavy atom. The van der Waals surface area contributed by atoms with Gasteiger partial charge in [-0.3, -0.25) is 4.98 Å². The second-order valence-corrected chi connectivity index (χ2v) is 2.61. The van der Waals surface area contributed by atoms with E-state index in [0.29, 0.717) is 0 Å². The molecule has 0 fully saturated rings. The third-order valence-electron chi connectivity index (χ3n) is 1.83. The number of rotatable bonds is 1. The fourth-order valence-electron chi connectivity index (χ4n) is 1.09. The van der Waals surface area contributed by atoms with Crippen LogP contribution < -0.4 is 16.3 Å². The van der Waals surface area contributed by atoms with Crippen LogP contribution >= 0.6 is 0 Å². The summed E-state index contributed by atoms with van der Waals surface area (Å²) in [6, 6.07) is 3.94. The standard InChI is InChI=1S/C10H14N2.C2H6/c1-3-8-6-5-7-12-10(8)9(11)4-2;1-2/h3,5-7H,4,11H2,1-2H3;1-2H3/b8-3-,10-9-;. The van der Waals surface area contributed by atoms with Gasteiger partial charge < -0.3 is 5.73 Å². The van der Waals surface area contributed by atoms with Crippen LogP contribution in [0.3, 0.4) is 0 Å². The van der Waals surface area contributed by atoms with Gasteiger partial charge in [0.1, 0.15) is 0 Å². The monoisotopic (exact) mass is 192 g/mol. The van der Waals surface area contributed by atoms with Crippen molar-refractivity contribution in [2.75, 3.05) is 0 Å². The van der Waals surface area contributed by atoms with Gasteiger partial charge in [-0.15, -0.1) is 0 Å². The number of hydrogen-bond acceptors (Lipinski definition) is 2. The molecule has 0 aliphatic rings. The maximum absolute atomic E-state index is 5.80. The van der Waals surface area contributed by atoms with Crippen LogP contribution in [0.4, 0.5) is 0 Å². The molecule has 0 saturated heterocycles. The van der Waals surface area contributed by atoms with E-state index < -0.39 is 0 Å². The van der Waals surface area contributed by atoms with Crippen LogP contribution in [-0.4, -0.2) is 4.98 Å². The summed E-state index contributed by atoms with van der Waals surface area (Å²) in [6.07, 6.45) is 4.63. The van der Waals surface area contributed by atoms with Crippen molar-refractivity contribution in [3.63, 3.8) is 0 Å². The van der Waals surface area contributed by atoms with Crippen molar-refractivity contribution >= 4 is 11.8 Å². The lowest BCUT2D eigenvalue weighted by Crippen LogP contribution is -2.32. The van der Waals surface area contributed by atoms with Gasteiger partial charge in [0, 0.05) is 11.9 Å². The molecule has 0 aromatic carbocycles. The topological polar surface area (TPSA) is 38.9 Å². The predicted molar refractivity (Wildman–Crippen MR) is 62.9 cm³/mol. The summed E-state index contributed by atoms with van der Waals surface area (Å²) in [4.78, 5) is 4.23. The molecular weight excluding hydrogens is 172 g/mol.